The fourth-order valence-electron chi connectivity index (χ4n) is 6.61. The number of methoxy groups -OCH3 is 2. The summed E-state index contributed by atoms with van der Waals surface area (Å²) in [5, 5.41) is 0. The predicted octanol–water partition coefficient (Wildman–Crippen LogP) is 8.82. The van der Waals surface area contributed by atoms with Gasteiger partial charge in [0.1, 0.15) is 11.5 Å². The molecule has 4 aromatic rings. The van der Waals surface area contributed by atoms with Gasteiger partial charge < -0.3 is 15.2 Å². The number of nitrogens with zero attached hydrogens (tertiary/aromatic N) is 2. The van der Waals surface area contributed by atoms with E-state index in [1.807, 2.05) is 70.5 Å². The molecule has 1 aliphatic rings. The number of carbonyl (C=O) groups excluding carboxylic acids is 1. The average Bonchev–Trinajstić information content (AvgIpc) is 3.10. The molecule has 1 fully saturated rings. The van der Waals surface area contributed by atoms with E-state index in [2.05, 4.69) is 55.1 Å². The standard InChI is InChI=1S/C40H47N3O3/c1-30(26-33-18-10-11-23-39(33)41)29-43(35-20-13-22-37(28-35)46-3)40(44)42(34-19-12-21-36(27-34)45-2)25-24-38(31-14-6-4-7-15-31)32-16-8-5-9-17-32/h4-9,12-17,19-22,27-28,33,38-39H,1,10-11,18,23-26,29,41H2,2-3H3. The van der Waals surface area contributed by atoms with Crippen molar-refractivity contribution in [1.29, 1.82) is 0 Å². The molecule has 0 heterocycles. The molecule has 0 aliphatic heterocycles. The quantitative estimate of drug-likeness (QED) is 0.152. The third kappa shape index (κ3) is 8.38. The number of urea groups is 1. The lowest BCUT2D eigenvalue weighted by atomic mass is 9.81. The number of amides is 2. The van der Waals surface area contributed by atoms with Crippen molar-refractivity contribution < 1.29 is 14.3 Å². The van der Waals surface area contributed by atoms with Crippen LogP contribution >= 0.6 is 0 Å². The molecule has 46 heavy (non-hydrogen) atoms. The third-order valence-corrected chi connectivity index (χ3v) is 9.14. The summed E-state index contributed by atoms with van der Waals surface area (Å²) >= 11 is 0. The Balaban J connectivity index is 1.49. The lowest BCUT2D eigenvalue weighted by molar-refractivity contribution is 0.251. The van der Waals surface area contributed by atoms with Gasteiger partial charge in [-0.05, 0) is 67.0 Å². The van der Waals surface area contributed by atoms with Crippen LogP contribution in [0.5, 0.6) is 11.5 Å². The second-order valence-electron chi connectivity index (χ2n) is 12.2. The molecular formula is C40H47N3O3. The molecule has 0 bridgehead atoms. The van der Waals surface area contributed by atoms with Crippen LogP contribution in [-0.4, -0.2) is 39.4 Å². The summed E-state index contributed by atoms with van der Waals surface area (Å²) in [5.74, 6) is 1.88. The molecule has 0 radical (unpaired) electrons. The maximum Gasteiger partial charge on any atom is 0.329 e. The smallest absolute Gasteiger partial charge is 0.329 e. The Morgan fingerprint density at radius 2 is 1.33 bits per heavy atom. The van der Waals surface area contributed by atoms with Gasteiger partial charge in [-0.25, -0.2) is 4.79 Å². The minimum absolute atomic E-state index is 0.108. The van der Waals surface area contributed by atoms with Crippen LogP contribution in [0.15, 0.2) is 121 Å². The highest BCUT2D eigenvalue weighted by Crippen LogP contribution is 2.33. The molecule has 6 nitrogen and oxygen atoms in total. The van der Waals surface area contributed by atoms with Crippen LogP contribution in [0.4, 0.5) is 16.2 Å². The van der Waals surface area contributed by atoms with Crippen molar-refractivity contribution in [2.24, 2.45) is 11.7 Å². The zero-order valence-corrected chi connectivity index (χ0v) is 27.2. The Labute approximate surface area is 274 Å². The van der Waals surface area contributed by atoms with E-state index in [4.69, 9.17) is 15.2 Å². The van der Waals surface area contributed by atoms with Gasteiger partial charge in [-0.2, -0.15) is 0 Å². The van der Waals surface area contributed by atoms with E-state index in [-0.39, 0.29) is 18.0 Å². The van der Waals surface area contributed by atoms with Crippen LogP contribution in [0, 0.1) is 5.92 Å². The zero-order chi connectivity index (χ0) is 32.3. The van der Waals surface area contributed by atoms with Gasteiger partial charge in [0.15, 0.2) is 0 Å². The SMILES string of the molecule is C=C(CC1CCCCC1N)CN(C(=O)N(CCC(c1ccccc1)c1ccccc1)c1cccc(OC)c1)c1cccc(OC)c1. The molecule has 2 N–H and O–H groups in total. The fraction of sp³-hybridized carbons (Fsp3) is 0.325. The van der Waals surface area contributed by atoms with Crippen molar-refractivity contribution in [1.82, 2.24) is 0 Å². The molecule has 2 atom stereocenters. The van der Waals surface area contributed by atoms with E-state index < -0.39 is 0 Å². The number of hydrogen-bond donors (Lipinski definition) is 1. The van der Waals surface area contributed by atoms with Gasteiger partial charge in [0.2, 0.25) is 0 Å². The highest BCUT2D eigenvalue weighted by molar-refractivity contribution is 6.04. The summed E-state index contributed by atoms with van der Waals surface area (Å²) in [6.07, 6.45) is 6.05. The minimum atomic E-state index is -0.129. The Bertz CT molecular complexity index is 1520. The molecule has 1 aliphatic carbocycles. The first-order valence-corrected chi connectivity index (χ1v) is 16.4. The Kier molecular flexibility index (Phi) is 11.5. The maximum absolute atomic E-state index is 14.9. The first kappa shape index (κ1) is 32.8. The van der Waals surface area contributed by atoms with Crippen molar-refractivity contribution in [3.8, 4) is 11.5 Å². The van der Waals surface area contributed by atoms with Crippen molar-refractivity contribution in [3.05, 3.63) is 132 Å². The highest BCUT2D eigenvalue weighted by Gasteiger charge is 2.28. The van der Waals surface area contributed by atoms with Crippen LogP contribution < -0.4 is 25.0 Å². The minimum Gasteiger partial charge on any atom is -0.497 e. The van der Waals surface area contributed by atoms with Crippen LogP contribution in [0.1, 0.15) is 55.6 Å². The Morgan fingerprint density at radius 1 is 0.783 bits per heavy atom. The Morgan fingerprint density at radius 3 is 1.87 bits per heavy atom. The van der Waals surface area contributed by atoms with E-state index in [9.17, 15) is 4.79 Å². The summed E-state index contributed by atoms with van der Waals surface area (Å²) in [6.45, 7) is 5.34. The van der Waals surface area contributed by atoms with Gasteiger partial charge in [-0.3, -0.25) is 9.80 Å². The van der Waals surface area contributed by atoms with E-state index >= 15 is 0 Å². The normalized spacial score (nSPS) is 16.1. The summed E-state index contributed by atoms with van der Waals surface area (Å²) in [6, 6.07) is 36.5. The van der Waals surface area contributed by atoms with Crippen LogP contribution in [0.25, 0.3) is 0 Å². The molecule has 6 heteroatoms. The van der Waals surface area contributed by atoms with Crippen LogP contribution in [-0.2, 0) is 0 Å². The number of hydrogen-bond acceptors (Lipinski definition) is 4. The average molecular weight is 618 g/mol. The number of anilines is 2. The van der Waals surface area contributed by atoms with Gasteiger partial charge in [-0.1, -0.05) is 97.8 Å². The second-order valence-corrected chi connectivity index (χ2v) is 12.2. The van der Waals surface area contributed by atoms with Gasteiger partial charge >= 0.3 is 6.03 Å². The van der Waals surface area contributed by atoms with Gasteiger partial charge in [0.25, 0.3) is 0 Å². The van der Waals surface area contributed by atoms with Gasteiger partial charge in [0.05, 0.1) is 14.2 Å². The van der Waals surface area contributed by atoms with Gasteiger partial charge in [-0.15, -0.1) is 0 Å². The Hall–Kier alpha value is -4.55. The molecular weight excluding hydrogens is 570 g/mol. The van der Waals surface area contributed by atoms with Crippen molar-refractivity contribution >= 4 is 17.4 Å². The van der Waals surface area contributed by atoms with E-state index in [0.717, 1.165) is 42.6 Å². The van der Waals surface area contributed by atoms with Crippen LogP contribution in [0.2, 0.25) is 0 Å². The van der Waals surface area contributed by atoms with Crippen LogP contribution in [0.3, 0.4) is 0 Å². The molecule has 0 aromatic heterocycles. The maximum atomic E-state index is 14.9. The number of benzene rings is 4. The first-order valence-electron chi connectivity index (χ1n) is 16.4. The fourth-order valence-corrected chi connectivity index (χ4v) is 6.61. The summed E-state index contributed by atoms with van der Waals surface area (Å²) in [4.78, 5) is 18.6. The van der Waals surface area contributed by atoms with Crippen molar-refractivity contribution in [2.45, 2.75) is 50.5 Å². The number of carbonyl (C=O) groups is 1. The number of rotatable bonds is 13. The van der Waals surface area contributed by atoms with Crippen molar-refractivity contribution in [2.75, 3.05) is 37.1 Å². The summed E-state index contributed by atoms with van der Waals surface area (Å²) in [5.41, 5.74) is 11.5. The monoisotopic (exact) mass is 617 g/mol. The third-order valence-electron chi connectivity index (χ3n) is 9.14. The van der Waals surface area contributed by atoms with E-state index in [1.165, 1.54) is 24.0 Å². The van der Waals surface area contributed by atoms with E-state index in [1.54, 1.807) is 14.2 Å². The molecule has 0 saturated heterocycles. The van der Waals surface area contributed by atoms with Crippen molar-refractivity contribution in [3.63, 3.8) is 0 Å². The second kappa shape index (κ2) is 16.1. The number of nitrogens with two attached hydrogens (primary N) is 1. The zero-order valence-electron chi connectivity index (χ0n) is 27.2. The highest BCUT2D eigenvalue weighted by atomic mass is 16.5. The molecule has 2 unspecified atom stereocenters. The lowest BCUT2D eigenvalue weighted by Gasteiger charge is -2.34. The summed E-state index contributed by atoms with van der Waals surface area (Å²) < 4.78 is 11.2. The molecule has 4 aromatic carbocycles. The lowest BCUT2D eigenvalue weighted by Crippen LogP contribution is -2.45. The largest absolute Gasteiger partial charge is 0.497 e. The topological polar surface area (TPSA) is 68.0 Å². The summed E-state index contributed by atoms with van der Waals surface area (Å²) in [7, 11) is 3.29. The molecule has 5 rings (SSSR count). The molecule has 1 saturated carbocycles. The first-order chi connectivity index (χ1) is 22.5. The number of ether oxygens (including phenoxy) is 2. The van der Waals surface area contributed by atoms with E-state index in [0.29, 0.717) is 30.5 Å². The molecule has 2 amide bonds. The molecule has 0 spiro atoms. The predicted molar refractivity (Wildman–Crippen MR) is 189 cm³/mol. The van der Waals surface area contributed by atoms with Gasteiger partial charge in [0, 0.05) is 48.6 Å². The molecule has 240 valence electrons.